The molecule has 1 N–H and O–H groups in total. The smallest absolute Gasteiger partial charge is 0.0673 e. The van der Waals surface area contributed by atoms with E-state index in [1.54, 1.807) is 0 Å². The van der Waals surface area contributed by atoms with Crippen molar-refractivity contribution in [1.29, 1.82) is 0 Å². The zero-order valence-electron chi connectivity index (χ0n) is 14.8. The van der Waals surface area contributed by atoms with E-state index in [1.165, 1.54) is 5.69 Å². The predicted octanol–water partition coefficient (Wildman–Crippen LogP) is 3.45. The maximum atomic E-state index is 4.52. The van der Waals surface area contributed by atoms with Gasteiger partial charge < -0.3 is 5.32 Å². The minimum Gasteiger partial charge on any atom is -0.307 e. The van der Waals surface area contributed by atoms with Gasteiger partial charge in [0.05, 0.1) is 11.7 Å². The number of nitrogens with one attached hydrogen (secondary N) is 1. The quantitative estimate of drug-likeness (QED) is 0.717. The summed E-state index contributed by atoms with van der Waals surface area (Å²) in [7, 11) is 0. The van der Waals surface area contributed by atoms with E-state index < -0.39 is 0 Å². The van der Waals surface area contributed by atoms with Crippen LogP contribution in [0.25, 0.3) is 0 Å². The number of likely N-dealkylation sites (N-methyl/N-ethyl adjacent to an activating group) is 1. The summed E-state index contributed by atoms with van der Waals surface area (Å²) in [4.78, 5) is 2.53. The van der Waals surface area contributed by atoms with Gasteiger partial charge in [-0.05, 0) is 52.4 Å². The summed E-state index contributed by atoms with van der Waals surface area (Å²) in [6.07, 6.45) is 4.19. The van der Waals surface area contributed by atoms with Gasteiger partial charge in [0.25, 0.3) is 0 Å². The third-order valence-corrected chi connectivity index (χ3v) is 4.36. The fraction of sp³-hybridized carbons (Fsp3) is 0.824. The summed E-state index contributed by atoms with van der Waals surface area (Å²) >= 11 is 0. The highest BCUT2D eigenvalue weighted by Gasteiger charge is 2.36. The Balaban J connectivity index is 3.11. The van der Waals surface area contributed by atoms with Gasteiger partial charge in [-0.1, -0.05) is 27.7 Å². The zero-order chi connectivity index (χ0) is 15.9. The van der Waals surface area contributed by atoms with Crippen molar-refractivity contribution in [3.05, 3.63) is 18.0 Å². The molecule has 1 unspecified atom stereocenters. The van der Waals surface area contributed by atoms with Gasteiger partial charge in [-0.3, -0.25) is 9.58 Å². The Morgan fingerprint density at radius 1 is 1.19 bits per heavy atom. The molecule has 0 spiro atoms. The highest BCUT2D eigenvalue weighted by Crippen LogP contribution is 2.31. The van der Waals surface area contributed by atoms with Gasteiger partial charge in [0, 0.05) is 18.3 Å². The Kier molecular flexibility index (Phi) is 7.40. The first-order valence-electron chi connectivity index (χ1n) is 8.52. The second-order valence-electron chi connectivity index (χ2n) is 6.19. The van der Waals surface area contributed by atoms with E-state index in [1.807, 2.05) is 6.20 Å². The summed E-state index contributed by atoms with van der Waals surface area (Å²) in [5.41, 5.74) is 1.37. The van der Waals surface area contributed by atoms with E-state index in [0.29, 0.717) is 6.04 Å². The molecule has 1 aromatic heterocycles. The molecule has 0 aliphatic rings. The number of aryl methyl sites for hydroxylation is 1. The number of nitrogens with zero attached hydrogens (tertiary/aromatic N) is 3. The van der Waals surface area contributed by atoms with Crippen LogP contribution in [0.4, 0.5) is 0 Å². The third-order valence-electron chi connectivity index (χ3n) is 4.36. The van der Waals surface area contributed by atoms with Crippen molar-refractivity contribution in [2.45, 2.75) is 72.5 Å². The second kappa shape index (κ2) is 8.54. The Hall–Kier alpha value is -0.870. The lowest BCUT2D eigenvalue weighted by Crippen LogP contribution is -2.53. The van der Waals surface area contributed by atoms with Crippen LogP contribution in [0, 0.1) is 0 Å². The predicted molar refractivity (Wildman–Crippen MR) is 90.6 cm³/mol. The molecule has 0 fully saturated rings. The number of hydrogen-bond donors (Lipinski definition) is 1. The monoisotopic (exact) mass is 294 g/mol. The van der Waals surface area contributed by atoms with E-state index in [-0.39, 0.29) is 5.54 Å². The molecule has 0 aliphatic heterocycles. The molecule has 1 atom stereocenters. The lowest BCUT2D eigenvalue weighted by Gasteiger charge is -2.44. The molecule has 1 heterocycles. The SMILES string of the molecule is CCCNC(c1ccnn1CCC)C(C)(C)N(CC)CC. The van der Waals surface area contributed by atoms with Gasteiger partial charge in [0.15, 0.2) is 0 Å². The van der Waals surface area contributed by atoms with Gasteiger partial charge in [0.2, 0.25) is 0 Å². The molecule has 0 aliphatic carbocycles. The molecule has 0 saturated heterocycles. The largest absolute Gasteiger partial charge is 0.307 e. The topological polar surface area (TPSA) is 33.1 Å². The van der Waals surface area contributed by atoms with Crippen molar-refractivity contribution in [2.75, 3.05) is 19.6 Å². The van der Waals surface area contributed by atoms with Crippen molar-refractivity contribution in [3.63, 3.8) is 0 Å². The van der Waals surface area contributed by atoms with Crippen molar-refractivity contribution in [2.24, 2.45) is 0 Å². The lowest BCUT2D eigenvalue weighted by atomic mass is 9.89. The van der Waals surface area contributed by atoms with E-state index in [9.17, 15) is 0 Å². The second-order valence-corrected chi connectivity index (χ2v) is 6.19. The summed E-state index contributed by atoms with van der Waals surface area (Å²) in [6.45, 7) is 17.7. The first-order valence-corrected chi connectivity index (χ1v) is 8.52. The molecule has 1 rings (SSSR count). The van der Waals surface area contributed by atoms with Crippen LogP contribution in [0.3, 0.4) is 0 Å². The van der Waals surface area contributed by atoms with Crippen LogP contribution in [-0.4, -0.2) is 39.9 Å². The molecule has 0 amide bonds. The van der Waals surface area contributed by atoms with Crippen LogP contribution in [0.1, 0.15) is 66.1 Å². The Morgan fingerprint density at radius 2 is 1.86 bits per heavy atom. The molecular weight excluding hydrogens is 260 g/mol. The molecule has 0 saturated carbocycles. The van der Waals surface area contributed by atoms with E-state index in [2.05, 4.69) is 67.6 Å². The van der Waals surface area contributed by atoms with Gasteiger partial charge in [-0.25, -0.2) is 0 Å². The van der Waals surface area contributed by atoms with Gasteiger partial charge in [-0.2, -0.15) is 5.10 Å². The normalized spacial score (nSPS) is 13.9. The van der Waals surface area contributed by atoms with Crippen LogP contribution >= 0.6 is 0 Å². The van der Waals surface area contributed by atoms with Crippen molar-refractivity contribution < 1.29 is 0 Å². The standard InChI is InChI=1S/C17H34N4/c1-7-12-18-16(17(5,6)20(9-3)10-4)15-11-13-19-21(15)14-8-2/h11,13,16,18H,7-10,12,14H2,1-6H3. The molecule has 0 bridgehead atoms. The summed E-state index contributed by atoms with van der Waals surface area (Å²) < 4.78 is 2.17. The Bertz CT molecular complexity index is 393. The van der Waals surface area contributed by atoms with Crippen LogP contribution in [0.2, 0.25) is 0 Å². The highest BCUT2D eigenvalue weighted by molar-refractivity contribution is 5.14. The zero-order valence-corrected chi connectivity index (χ0v) is 14.8. The van der Waals surface area contributed by atoms with Gasteiger partial charge in [-0.15, -0.1) is 0 Å². The van der Waals surface area contributed by atoms with E-state index in [4.69, 9.17) is 0 Å². The highest BCUT2D eigenvalue weighted by atomic mass is 15.3. The number of hydrogen-bond acceptors (Lipinski definition) is 3. The molecule has 4 nitrogen and oxygen atoms in total. The lowest BCUT2D eigenvalue weighted by molar-refractivity contribution is 0.0873. The maximum Gasteiger partial charge on any atom is 0.0673 e. The molecule has 0 radical (unpaired) electrons. The molecule has 0 aromatic carbocycles. The Morgan fingerprint density at radius 3 is 2.38 bits per heavy atom. The minimum atomic E-state index is 0.0597. The molecule has 4 heteroatoms. The number of rotatable bonds is 10. The Labute approximate surface area is 130 Å². The first-order chi connectivity index (χ1) is 10.0. The summed E-state index contributed by atoms with van der Waals surface area (Å²) in [5.74, 6) is 0. The summed E-state index contributed by atoms with van der Waals surface area (Å²) in [6, 6.07) is 2.47. The van der Waals surface area contributed by atoms with Gasteiger partial charge in [0.1, 0.15) is 0 Å². The summed E-state index contributed by atoms with van der Waals surface area (Å²) in [5, 5.41) is 8.28. The third kappa shape index (κ3) is 4.30. The fourth-order valence-corrected chi connectivity index (χ4v) is 3.21. The van der Waals surface area contributed by atoms with Gasteiger partial charge >= 0.3 is 0 Å². The minimum absolute atomic E-state index is 0.0597. The van der Waals surface area contributed by atoms with E-state index in [0.717, 1.165) is 39.0 Å². The maximum absolute atomic E-state index is 4.52. The van der Waals surface area contributed by atoms with Crippen LogP contribution < -0.4 is 5.32 Å². The van der Waals surface area contributed by atoms with Crippen molar-refractivity contribution in [3.8, 4) is 0 Å². The molecule has 122 valence electrons. The van der Waals surface area contributed by atoms with Crippen LogP contribution in [-0.2, 0) is 6.54 Å². The first kappa shape index (κ1) is 18.2. The average Bonchev–Trinajstić information content (AvgIpc) is 2.88. The average molecular weight is 294 g/mol. The molecular formula is C17H34N4. The number of aromatic nitrogens is 2. The van der Waals surface area contributed by atoms with Crippen molar-refractivity contribution >= 4 is 0 Å². The van der Waals surface area contributed by atoms with Crippen LogP contribution in [0.15, 0.2) is 12.3 Å². The molecule has 21 heavy (non-hydrogen) atoms. The fourth-order valence-electron chi connectivity index (χ4n) is 3.21. The molecule has 1 aromatic rings. The van der Waals surface area contributed by atoms with Crippen LogP contribution in [0.5, 0.6) is 0 Å². The van der Waals surface area contributed by atoms with E-state index >= 15 is 0 Å². The van der Waals surface area contributed by atoms with Crippen molar-refractivity contribution in [1.82, 2.24) is 20.0 Å².